The fourth-order valence-electron chi connectivity index (χ4n) is 1.52. The van der Waals surface area contributed by atoms with Crippen molar-refractivity contribution in [2.75, 3.05) is 0 Å². The topological polar surface area (TPSA) is 43.8 Å². The molecule has 6 heteroatoms. The van der Waals surface area contributed by atoms with Crippen molar-refractivity contribution in [3.05, 3.63) is 47.8 Å². The van der Waals surface area contributed by atoms with Crippen molar-refractivity contribution in [1.82, 2.24) is 9.78 Å². The van der Waals surface area contributed by atoms with Gasteiger partial charge in [-0.25, -0.2) is 4.68 Å². The third-order valence-electron chi connectivity index (χ3n) is 2.34. The Morgan fingerprint density at radius 2 is 1.88 bits per heavy atom. The Hall–Kier alpha value is -1.82. The summed E-state index contributed by atoms with van der Waals surface area (Å²) in [6.45, 7) is 0.247. The minimum Gasteiger partial charge on any atom is -0.326 e. The first-order valence-corrected chi connectivity index (χ1v) is 4.93. The van der Waals surface area contributed by atoms with Crippen LogP contribution in [0.25, 0.3) is 5.69 Å². The lowest BCUT2D eigenvalue weighted by atomic mass is 10.2. The van der Waals surface area contributed by atoms with Crippen molar-refractivity contribution in [2.45, 2.75) is 12.7 Å². The molecule has 1 aromatic heterocycles. The van der Waals surface area contributed by atoms with Crippen LogP contribution in [0, 0.1) is 0 Å². The molecule has 90 valence electrons. The van der Waals surface area contributed by atoms with Crippen LogP contribution in [0.4, 0.5) is 13.2 Å². The van der Waals surface area contributed by atoms with Gasteiger partial charge in [-0.15, -0.1) is 0 Å². The fourth-order valence-corrected chi connectivity index (χ4v) is 1.52. The molecule has 1 aromatic carbocycles. The number of hydrogen-bond donors (Lipinski definition) is 1. The van der Waals surface area contributed by atoms with Gasteiger partial charge in [0, 0.05) is 12.7 Å². The van der Waals surface area contributed by atoms with E-state index in [-0.39, 0.29) is 6.54 Å². The second-order valence-electron chi connectivity index (χ2n) is 3.48. The molecule has 2 N–H and O–H groups in total. The number of nitrogens with zero attached hydrogens (tertiary/aromatic N) is 2. The maximum absolute atomic E-state index is 12.4. The van der Waals surface area contributed by atoms with Crippen molar-refractivity contribution in [3.8, 4) is 5.69 Å². The zero-order chi connectivity index (χ0) is 12.5. The smallest absolute Gasteiger partial charge is 0.326 e. The molecule has 0 aliphatic heterocycles. The van der Waals surface area contributed by atoms with Crippen molar-refractivity contribution >= 4 is 0 Å². The quantitative estimate of drug-likeness (QED) is 0.877. The van der Waals surface area contributed by atoms with E-state index >= 15 is 0 Å². The van der Waals surface area contributed by atoms with E-state index in [4.69, 9.17) is 5.73 Å². The van der Waals surface area contributed by atoms with E-state index in [9.17, 15) is 13.2 Å². The molecule has 0 fully saturated rings. The molecule has 0 aliphatic rings. The van der Waals surface area contributed by atoms with Crippen LogP contribution in [0.1, 0.15) is 11.3 Å². The first-order valence-electron chi connectivity index (χ1n) is 4.93. The highest BCUT2D eigenvalue weighted by molar-refractivity contribution is 5.40. The summed E-state index contributed by atoms with van der Waals surface area (Å²) < 4.78 is 38.4. The van der Waals surface area contributed by atoms with Crippen molar-refractivity contribution < 1.29 is 13.2 Å². The van der Waals surface area contributed by atoms with Gasteiger partial charge in [-0.2, -0.15) is 18.3 Å². The number of para-hydroxylation sites is 1. The van der Waals surface area contributed by atoms with Crippen LogP contribution in [0.3, 0.4) is 0 Å². The number of aromatic nitrogens is 2. The summed E-state index contributed by atoms with van der Waals surface area (Å²) in [4.78, 5) is 0. The van der Waals surface area contributed by atoms with Crippen molar-refractivity contribution in [1.29, 1.82) is 0 Å². The van der Waals surface area contributed by atoms with E-state index in [0.717, 1.165) is 11.6 Å². The van der Waals surface area contributed by atoms with Crippen LogP contribution in [-0.4, -0.2) is 9.78 Å². The Bertz CT molecular complexity index is 517. The van der Waals surface area contributed by atoms with Crippen molar-refractivity contribution in [2.24, 2.45) is 5.73 Å². The lowest BCUT2D eigenvalue weighted by molar-refractivity contribution is -0.141. The minimum absolute atomic E-state index is 0.247. The van der Waals surface area contributed by atoms with Crippen LogP contribution >= 0.6 is 0 Å². The van der Waals surface area contributed by atoms with E-state index in [1.165, 1.54) is 10.9 Å². The lowest BCUT2D eigenvalue weighted by Gasteiger charge is -2.07. The first-order chi connectivity index (χ1) is 8.02. The number of benzene rings is 1. The Labute approximate surface area is 95.7 Å². The zero-order valence-electron chi connectivity index (χ0n) is 8.78. The van der Waals surface area contributed by atoms with Gasteiger partial charge in [0.05, 0.1) is 5.69 Å². The van der Waals surface area contributed by atoms with Crippen LogP contribution in [0.2, 0.25) is 0 Å². The summed E-state index contributed by atoms with van der Waals surface area (Å²) in [6, 6.07) is 7.87. The molecule has 0 bridgehead atoms. The molecule has 0 unspecified atom stereocenters. The van der Waals surface area contributed by atoms with Crippen LogP contribution in [0.15, 0.2) is 36.5 Å². The van der Waals surface area contributed by atoms with Gasteiger partial charge >= 0.3 is 6.18 Å². The van der Waals surface area contributed by atoms with Crippen LogP contribution in [-0.2, 0) is 12.7 Å². The van der Waals surface area contributed by atoms with Crippen LogP contribution < -0.4 is 5.73 Å². The summed E-state index contributed by atoms with van der Waals surface area (Å²) in [6.07, 6.45) is -3.15. The van der Waals surface area contributed by atoms with E-state index < -0.39 is 11.9 Å². The van der Waals surface area contributed by atoms with Gasteiger partial charge in [0.1, 0.15) is 0 Å². The van der Waals surface area contributed by atoms with Gasteiger partial charge in [0.15, 0.2) is 5.69 Å². The van der Waals surface area contributed by atoms with E-state index in [2.05, 4.69) is 5.10 Å². The Kier molecular flexibility index (Phi) is 2.89. The second-order valence-corrected chi connectivity index (χ2v) is 3.48. The van der Waals surface area contributed by atoms with Gasteiger partial charge in [-0.3, -0.25) is 0 Å². The summed E-state index contributed by atoms with van der Waals surface area (Å²) >= 11 is 0. The number of rotatable bonds is 2. The molecule has 17 heavy (non-hydrogen) atoms. The molecule has 2 aromatic rings. The normalized spacial score (nSPS) is 11.8. The average molecular weight is 241 g/mol. The average Bonchev–Trinajstić information content (AvgIpc) is 2.77. The summed E-state index contributed by atoms with van der Waals surface area (Å²) in [5.41, 5.74) is 5.91. The largest absolute Gasteiger partial charge is 0.435 e. The summed E-state index contributed by atoms with van der Waals surface area (Å²) in [5.74, 6) is 0. The molecule has 0 atom stereocenters. The van der Waals surface area contributed by atoms with Crippen molar-refractivity contribution in [3.63, 3.8) is 0 Å². The third-order valence-corrected chi connectivity index (χ3v) is 2.34. The monoisotopic (exact) mass is 241 g/mol. The highest BCUT2D eigenvalue weighted by Crippen LogP contribution is 2.28. The van der Waals surface area contributed by atoms with E-state index in [1.807, 2.05) is 0 Å². The highest BCUT2D eigenvalue weighted by atomic mass is 19.4. The van der Waals surface area contributed by atoms with Gasteiger partial charge < -0.3 is 5.73 Å². The predicted molar refractivity (Wildman–Crippen MR) is 56.5 cm³/mol. The molecule has 0 radical (unpaired) electrons. The number of halogens is 3. The lowest BCUT2D eigenvalue weighted by Crippen LogP contribution is -2.09. The zero-order valence-corrected chi connectivity index (χ0v) is 8.78. The molecule has 0 saturated heterocycles. The number of nitrogens with two attached hydrogens (primary N) is 1. The molecule has 2 rings (SSSR count). The molecule has 1 heterocycles. The van der Waals surface area contributed by atoms with Gasteiger partial charge in [0.25, 0.3) is 0 Å². The highest BCUT2D eigenvalue weighted by Gasteiger charge is 2.33. The SMILES string of the molecule is NCc1ccccc1-n1ccc(C(F)(F)F)n1. The molecule has 0 spiro atoms. The Balaban J connectivity index is 2.44. The van der Waals surface area contributed by atoms with Gasteiger partial charge in [-0.1, -0.05) is 18.2 Å². The van der Waals surface area contributed by atoms with Gasteiger partial charge in [-0.05, 0) is 17.7 Å². The molecule has 0 amide bonds. The van der Waals surface area contributed by atoms with E-state index in [1.54, 1.807) is 24.3 Å². The maximum Gasteiger partial charge on any atom is 0.435 e. The van der Waals surface area contributed by atoms with E-state index in [0.29, 0.717) is 5.69 Å². The molecule has 0 aliphatic carbocycles. The Morgan fingerprint density at radius 3 is 2.47 bits per heavy atom. The predicted octanol–water partition coefficient (Wildman–Crippen LogP) is 2.35. The van der Waals surface area contributed by atoms with Gasteiger partial charge in [0.2, 0.25) is 0 Å². The van der Waals surface area contributed by atoms with Crippen LogP contribution in [0.5, 0.6) is 0 Å². The molecular formula is C11H10F3N3. The second kappa shape index (κ2) is 4.21. The fraction of sp³-hybridized carbons (Fsp3) is 0.182. The Morgan fingerprint density at radius 1 is 1.18 bits per heavy atom. The standard InChI is InChI=1S/C11H10F3N3/c12-11(13,14)10-5-6-17(16-10)9-4-2-1-3-8(9)7-15/h1-6H,7,15H2. The number of hydrogen-bond acceptors (Lipinski definition) is 2. The number of alkyl halides is 3. The summed E-state index contributed by atoms with van der Waals surface area (Å²) in [5, 5.41) is 3.50. The molecule has 0 saturated carbocycles. The molecule has 3 nitrogen and oxygen atoms in total. The third kappa shape index (κ3) is 2.31. The first kappa shape index (κ1) is 11.7. The maximum atomic E-state index is 12.4. The minimum atomic E-state index is -4.43. The summed E-state index contributed by atoms with van der Waals surface area (Å²) in [7, 11) is 0. The molecular weight excluding hydrogens is 231 g/mol.